The van der Waals surface area contributed by atoms with Gasteiger partial charge in [0.25, 0.3) is 5.91 Å². The molecule has 0 bridgehead atoms. The van der Waals surface area contributed by atoms with E-state index in [1.165, 1.54) is 0 Å². The first-order chi connectivity index (χ1) is 12.8. The maximum atomic E-state index is 13.0. The second kappa shape index (κ2) is 7.39. The Kier molecular flexibility index (Phi) is 4.64. The Hall–Kier alpha value is -3.15. The highest BCUT2D eigenvalue weighted by molar-refractivity contribution is 5.94. The molecule has 0 radical (unpaired) electrons. The van der Waals surface area contributed by atoms with Gasteiger partial charge in [-0.1, -0.05) is 6.07 Å². The summed E-state index contributed by atoms with van der Waals surface area (Å²) >= 11 is 0. The third kappa shape index (κ3) is 3.44. The van der Waals surface area contributed by atoms with Crippen LogP contribution in [-0.2, 0) is 0 Å². The van der Waals surface area contributed by atoms with E-state index in [9.17, 15) is 4.79 Å². The van der Waals surface area contributed by atoms with Crippen molar-refractivity contribution in [1.82, 2.24) is 19.7 Å². The summed E-state index contributed by atoms with van der Waals surface area (Å²) in [7, 11) is 0. The van der Waals surface area contributed by atoms with Gasteiger partial charge in [-0.05, 0) is 48.9 Å². The van der Waals surface area contributed by atoms with Gasteiger partial charge in [0.05, 0.1) is 0 Å². The van der Waals surface area contributed by atoms with Crippen molar-refractivity contribution in [3.63, 3.8) is 0 Å². The van der Waals surface area contributed by atoms with E-state index in [4.69, 9.17) is 0 Å². The van der Waals surface area contributed by atoms with Crippen molar-refractivity contribution in [1.29, 1.82) is 0 Å². The lowest BCUT2D eigenvalue weighted by Gasteiger charge is -2.22. The Bertz CT molecular complexity index is 863. The Morgan fingerprint density at radius 3 is 2.62 bits per heavy atom. The summed E-state index contributed by atoms with van der Waals surface area (Å²) in [6.45, 7) is 3.08. The van der Waals surface area contributed by atoms with Gasteiger partial charge in [0.2, 0.25) is 0 Å². The van der Waals surface area contributed by atoms with Crippen LogP contribution in [0.15, 0.2) is 67.1 Å². The summed E-state index contributed by atoms with van der Waals surface area (Å²) in [5.74, 6) is 0.955. The molecule has 3 heterocycles. The third-order valence-corrected chi connectivity index (χ3v) is 4.66. The Morgan fingerprint density at radius 1 is 0.923 bits per heavy atom. The van der Waals surface area contributed by atoms with Crippen molar-refractivity contribution in [3.8, 4) is 5.69 Å². The number of anilines is 1. The molecule has 0 atom stereocenters. The summed E-state index contributed by atoms with van der Waals surface area (Å²) in [6.07, 6.45) is 6.55. The Morgan fingerprint density at radius 2 is 1.81 bits per heavy atom. The van der Waals surface area contributed by atoms with Gasteiger partial charge in [0, 0.05) is 56.0 Å². The van der Waals surface area contributed by atoms with Gasteiger partial charge < -0.3 is 14.4 Å². The molecular weight excluding hydrogens is 326 g/mol. The van der Waals surface area contributed by atoms with E-state index in [2.05, 4.69) is 15.1 Å². The number of hydrogen-bond donors (Lipinski definition) is 0. The van der Waals surface area contributed by atoms with Crippen molar-refractivity contribution in [3.05, 3.63) is 72.7 Å². The normalized spacial score (nSPS) is 14.9. The number of nitrogens with zero attached hydrogens (tertiary/aromatic N) is 5. The fourth-order valence-corrected chi connectivity index (χ4v) is 3.30. The van der Waals surface area contributed by atoms with Crippen LogP contribution in [0.1, 0.15) is 16.8 Å². The number of amides is 1. The average Bonchev–Trinajstić information content (AvgIpc) is 3.13. The minimum Gasteiger partial charge on any atom is -0.353 e. The number of aromatic nitrogens is 3. The molecule has 6 heteroatoms. The molecule has 0 saturated carbocycles. The molecule has 1 amide bonds. The number of rotatable bonds is 3. The van der Waals surface area contributed by atoms with Crippen LogP contribution in [-0.4, -0.2) is 51.8 Å². The first kappa shape index (κ1) is 16.3. The van der Waals surface area contributed by atoms with Gasteiger partial charge in [-0.25, -0.2) is 0 Å². The molecule has 0 N–H and O–H groups in total. The molecule has 0 spiro atoms. The summed E-state index contributed by atoms with van der Waals surface area (Å²) in [5, 5.41) is 8.13. The second-order valence-corrected chi connectivity index (χ2v) is 6.36. The van der Waals surface area contributed by atoms with Gasteiger partial charge >= 0.3 is 0 Å². The molecule has 6 nitrogen and oxygen atoms in total. The van der Waals surface area contributed by atoms with E-state index in [0.29, 0.717) is 6.54 Å². The number of benzene rings is 1. The molecule has 1 aliphatic heterocycles. The molecule has 0 aliphatic carbocycles. The predicted molar refractivity (Wildman–Crippen MR) is 101 cm³/mol. The number of carbonyl (C=O) groups is 1. The van der Waals surface area contributed by atoms with Crippen LogP contribution in [0.2, 0.25) is 0 Å². The lowest BCUT2D eigenvalue weighted by molar-refractivity contribution is 0.0767. The smallest absolute Gasteiger partial charge is 0.253 e. The Balaban J connectivity index is 1.48. The van der Waals surface area contributed by atoms with E-state index in [1.54, 1.807) is 6.20 Å². The van der Waals surface area contributed by atoms with Gasteiger partial charge in [0.1, 0.15) is 0 Å². The van der Waals surface area contributed by atoms with Crippen LogP contribution in [0.3, 0.4) is 0 Å². The molecular formula is C20H21N5O. The molecule has 4 rings (SSSR count). The van der Waals surface area contributed by atoms with Crippen LogP contribution in [0.5, 0.6) is 0 Å². The standard InChI is InChI=1S/C20H21N5O/c26-20(17-6-3-7-18(16-17)23-10-1-2-11-23)25-13-5-12-24(14-15-25)19-8-4-9-21-22-19/h1-4,6-11,16H,5,12-15H2. The van der Waals surface area contributed by atoms with Crippen molar-refractivity contribution < 1.29 is 4.79 Å². The molecule has 3 aromatic rings. The van der Waals surface area contributed by atoms with E-state index >= 15 is 0 Å². The fraction of sp³-hybridized carbons (Fsp3) is 0.250. The highest BCUT2D eigenvalue weighted by atomic mass is 16.2. The third-order valence-electron chi connectivity index (χ3n) is 4.66. The average molecular weight is 347 g/mol. The summed E-state index contributed by atoms with van der Waals surface area (Å²) in [5.41, 5.74) is 1.72. The van der Waals surface area contributed by atoms with Crippen LogP contribution in [0.4, 0.5) is 5.82 Å². The predicted octanol–water partition coefficient (Wildman–Crippen LogP) is 2.62. The largest absolute Gasteiger partial charge is 0.353 e. The fourth-order valence-electron chi connectivity index (χ4n) is 3.30. The topological polar surface area (TPSA) is 54.3 Å². The van der Waals surface area contributed by atoms with Gasteiger partial charge in [-0.2, -0.15) is 5.10 Å². The number of hydrogen-bond acceptors (Lipinski definition) is 4. The zero-order chi connectivity index (χ0) is 17.8. The molecule has 132 valence electrons. The van der Waals surface area contributed by atoms with E-state index in [0.717, 1.165) is 43.1 Å². The van der Waals surface area contributed by atoms with Gasteiger partial charge in [-0.3, -0.25) is 4.79 Å². The van der Waals surface area contributed by atoms with Crippen LogP contribution in [0, 0.1) is 0 Å². The lowest BCUT2D eigenvalue weighted by Crippen LogP contribution is -2.35. The van der Waals surface area contributed by atoms with Crippen LogP contribution < -0.4 is 4.90 Å². The van der Waals surface area contributed by atoms with E-state index in [-0.39, 0.29) is 5.91 Å². The zero-order valence-electron chi connectivity index (χ0n) is 14.5. The highest BCUT2D eigenvalue weighted by Gasteiger charge is 2.21. The molecule has 2 aromatic heterocycles. The van der Waals surface area contributed by atoms with Gasteiger partial charge in [0.15, 0.2) is 5.82 Å². The molecule has 1 aliphatic rings. The molecule has 1 saturated heterocycles. The molecule has 0 unspecified atom stereocenters. The van der Waals surface area contributed by atoms with Crippen molar-refractivity contribution in [2.45, 2.75) is 6.42 Å². The molecule has 26 heavy (non-hydrogen) atoms. The zero-order valence-corrected chi connectivity index (χ0v) is 14.5. The van der Waals surface area contributed by atoms with Crippen molar-refractivity contribution in [2.24, 2.45) is 0 Å². The van der Waals surface area contributed by atoms with Crippen LogP contribution >= 0.6 is 0 Å². The molecule has 1 fully saturated rings. The van der Waals surface area contributed by atoms with Crippen molar-refractivity contribution >= 4 is 11.7 Å². The minimum absolute atomic E-state index is 0.0833. The van der Waals surface area contributed by atoms with Gasteiger partial charge in [-0.15, -0.1) is 5.10 Å². The number of carbonyl (C=O) groups excluding carboxylic acids is 1. The monoisotopic (exact) mass is 347 g/mol. The SMILES string of the molecule is O=C(c1cccc(-n2cccc2)c1)N1CCCN(c2cccnn2)CC1. The maximum absolute atomic E-state index is 13.0. The summed E-state index contributed by atoms with van der Waals surface area (Å²) in [4.78, 5) is 17.1. The van der Waals surface area contributed by atoms with E-state index < -0.39 is 0 Å². The molecule has 1 aromatic carbocycles. The van der Waals surface area contributed by atoms with Crippen LogP contribution in [0.25, 0.3) is 5.69 Å². The summed E-state index contributed by atoms with van der Waals surface area (Å²) in [6, 6.07) is 15.6. The minimum atomic E-state index is 0.0833. The highest BCUT2D eigenvalue weighted by Crippen LogP contribution is 2.16. The van der Waals surface area contributed by atoms with E-state index in [1.807, 2.05) is 70.4 Å². The lowest BCUT2D eigenvalue weighted by atomic mass is 10.1. The summed E-state index contributed by atoms with van der Waals surface area (Å²) < 4.78 is 2.01. The van der Waals surface area contributed by atoms with Crippen molar-refractivity contribution in [2.75, 3.05) is 31.1 Å². The second-order valence-electron chi connectivity index (χ2n) is 6.36. The first-order valence-electron chi connectivity index (χ1n) is 8.86. The maximum Gasteiger partial charge on any atom is 0.253 e. The quantitative estimate of drug-likeness (QED) is 0.731. The first-order valence-corrected chi connectivity index (χ1v) is 8.86. The Labute approximate surface area is 152 Å².